The first kappa shape index (κ1) is 16.7. The van der Waals surface area contributed by atoms with Crippen molar-refractivity contribution in [3.8, 4) is 0 Å². The van der Waals surface area contributed by atoms with Crippen molar-refractivity contribution in [2.45, 2.75) is 30.4 Å². The van der Waals surface area contributed by atoms with Gasteiger partial charge in [-0.25, -0.2) is 0 Å². The molecule has 112 valence electrons. The molecule has 0 amide bonds. The molecule has 0 aromatic heterocycles. The molecule has 0 heterocycles. The molecule has 2 rings (SSSR count). The zero-order valence-corrected chi connectivity index (χ0v) is 14.2. The van der Waals surface area contributed by atoms with Crippen molar-refractivity contribution in [3.63, 3.8) is 0 Å². The Hall–Kier alpha value is 0.300. The van der Waals surface area contributed by atoms with Crippen LogP contribution in [0.2, 0.25) is 10.0 Å². The summed E-state index contributed by atoms with van der Waals surface area (Å²) in [7, 11) is 0. The quantitative estimate of drug-likeness (QED) is 0.509. The van der Waals surface area contributed by atoms with E-state index in [9.17, 15) is 0 Å². The summed E-state index contributed by atoms with van der Waals surface area (Å²) in [4.78, 5) is 0. The largest absolute Gasteiger partial charge is 0.353 e. The van der Waals surface area contributed by atoms with Crippen LogP contribution in [0.25, 0.3) is 0 Å². The Kier molecular flexibility index (Phi) is 5.50. The molecule has 2 atom stereocenters. The van der Waals surface area contributed by atoms with Gasteiger partial charge in [-0.15, -0.1) is 23.2 Å². The summed E-state index contributed by atoms with van der Waals surface area (Å²) in [5.74, 6) is -0.245. The van der Waals surface area contributed by atoms with Crippen LogP contribution in [0, 0.1) is 5.92 Å². The highest BCUT2D eigenvalue weighted by Crippen LogP contribution is 2.67. The van der Waals surface area contributed by atoms with E-state index in [2.05, 4.69) is 0 Å². The molecule has 1 fully saturated rings. The van der Waals surface area contributed by atoms with E-state index in [1.54, 1.807) is 6.07 Å². The summed E-state index contributed by atoms with van der Waals surface area (Å²) in [5, 5.41) is 1.12. The van der Waals surface area contributed by atoms with Gasteiger partial charge in [-0.2, -0.15) is 0 Å². The highest BCUT2D eigenvalue weighted by molar-refractivity contribution is 6.52. The number of hydrogen-bond donors (Lipinski definition) is 0. The minimum Gasteiger partial charge on any atom is -0.353 e. The average Bonchev–Trinajstić information content (AvgIpc) is 2.90. The maximum absolute atomic E-state index is 6.40. The third-order valence-corrected chi connectivity index (χ3v) is 4.72. The molecule has 0 saturated heterocycles. The van der Waals surface area contributed by atoms with Crippen LogP contribution in [0.1, 0.15) is 25.3 Å². The molecule has 1 aromatic carbocycles. The van der Waals surface area contributed by atoms with Crippen LogP contribution in [0.15, 0.2) is 18.2 Å². The standard InChI is InChI=1S/C14H16Cl4O2/c1-3-19-13(20-4-2)12-11(14(12,17)18)8-5-9(15)7-10(16)6-8/h5-7,11-13H,3-4H2,1-2H3/t11-,12+/m1/s1. The van der Waals surface area contributed by atoms with E-state index in [0.717, 1.165) is 5.56 Å². The molecule has 20 heavy (non-hydrogen) atoms. The van der Waals surface area contributed by atoms with Gasteiger partial charge in [-0.3, -0.25) is 0 Å². The number of benzene rings is 1. The summed E-state index contributed by atoms with van der Waals surface area (Å²) in [6.07, 6.45) is -0.428. The van der Waals surface area contributed by atoms with Gasteiger partial charge in [0, 0.05) is 29.2 Å². The van der Waals surface area contributed by atoms with Gasteiger partial charge in [0.2, 0.25) is 0 Å². The predicted octanol–water partition coefficient (Wildman–Crippen LogP) is 5.28. The summed E-state index contributed by atoms with van der Waals surface area (Å²) >= 11 is 24.9. The molecule has 1 aliphatic carbocycles. The van der Waals surface area contributed by atoms with Crippen molar-refractivity contribution in [3.05, 3.63) is 33.8 Å². The van der Waals surface area contributed by atoms with Gasteiger partial charge in [-0.1, -0.05) is 23.2 Å². The Morgan fingerprint density at radius 2 is 1.55 bits per heavy atom. The van der Waals surface area contributed by atoms with Gasteiger partial charge in [-0.05, 0) is 37.6 Å². The van der Waals surface area contributed by atoms with Crippen molar-refractivity contribution < 1.29 is 9.47 Å². The van der Waals surface area contributed by atoms with E-state index < -0.39 is 10.6 Å². The topological polar surface area (TPSA) is 18.5 Å². The molecule has 0 aliphatic heterocycles. The number of hydrogen-bond acceptors (Lipinski definition) is 2. The Morgan fingerprint density at radius 1 is 1.05 bits per heavy atom. The monoisotopic (exact) mass is 356 g/mol. The van der Waals surface area contributed by atoms with Crippen LogP contribution in [0.3, 0.4) is 0 Å². The van der Waals surface area contributed by atoms with Crippen molar-refractivity contribution in [2.75, 3.05) is 13.2 Å². The number of rotatable bonds is 6. The Balaban J connectivity index is 2.24. The fourth-order valence-electron chi connectivity index (χ4n) is 2.46. The smallest absolute Gasteiger partial charge is 0.163 e. The van der Waals surface area contributed by atoms with Crippen molar-refractivity contribution in [1.29, 1.82) is 0 Å². The second-order valence-corrected chi connectivity index (χ2v) is 6.98. The fourth-order valence-corrected chi connectivity index (χ4v) is 3.86. The lowest BCUT2D eigenvalue weighted by Crippen LogP contribution is -2.22. The van der Waals surface area contributed by atoms with E-state index in [-0.39, 0.29) is 11.8 Å². The van der Waals surface area contributed by atoms with Gasteiger partial charge >= 0.3 is 0 Å². The Bertz CT molecular complexity index is 452. The summed E-state index contributed by atoms with van der Waals surface area (Å²) in [6, 6.07) is 5.33. The summed E-state index contributed by atoms with van der Waals surface area (Å²) < 4.78 is 10.3. The van der Waals surface area contributed by atoms with Gasteiger partial charge in [0.25, 0.3) is 0 Å². The SMILES string of the molecule is CCOC(OCC)[C@@H]1[C@@H](c2cc(Cl)cc(Cl)c2)C1(Cl)Cl. The van der Waals surface area contributed by atoms with Crippen LogP contribution in [0.5, 0.6) is 0 Å². The normalized spacial score (nSPS) is 24.1. The lowest BCUT2D eigenvalue weighted by atomic mass is 10.1. The highest BCUT2D eigenvalue weighted by atomic mass is 35.5. The fraction of sp³-hybridized carbons (Fsp3) is 0.571. The maximum atomic E-state index is 6.40. The van der Waals surface area contributed by atoms with Gasteiger partial charge < -0.3 is 9.47 Å². The van der Waals surface area contributed by atoms with E-state index in [1.807, 2.05) is 26.0 Å². The molecule has 0 bridgehead atoms. The van der Waals surface area contributed by atoms with Gasteiger partial charge in [0.15, 0.2) is 6.29 Å². The first-order valence-electron chi connectivity index (χ1n) is 6.48. The second-order valence-electron chi connectivity index (χ2n) is 4.66. The van der Waals surface area contributed by atoms with Crippen LogP contribution < -0.4 is 0 Å². The van der Waals surface area contributed by atoms with E-state index in [4.69, 9.17) is 55.9 Å². The number of halogens is 4. The first-order valence-corrected chi connectivity index (χ1v) is 8.00. The lowest BCUT2D eigenvalue weighted by molar-refractivity contribution is -0.149. The molecular formula is C14H16Cl4O2. The van der Waals surface area contributed by atoms with Crippen LogP contribution in [0.4, 0.5) is 0 Å². The molecule has 1 aliphatic rings. The molecule has 0 N–H and O–H groups in total. The van der Waals surface area contributed by atoms with Gasteiger partial charge in [0.1, 0.15) is 4.33 Å². The molecule has 0 radical (unpaired) electrons. The molecule has 0 unspecified atom stereocenters. The summed E-state index contributed by atoms with van der Waals surface area (Å²) in [6.45, 7) is 4.88. The minimum absolute atomic E-state index is 0.106. The molecule has 2 nitrogen and oxygen atoms in total. The third-order valence-electron chi connectivity index (χ3n) is 3.31. The molecule has 1 aromatic rings. The minimum atomic E-state index is -0.928. The Morgan fingerprint density at radius 3 is 2.00 bits per heavy atom. The molecule has 1 saturated carbocycles. The zero-order chi connectivity index (χ0) is 14.9. The highest BCUT2D eigenvalue weighted by Gasteiger charge is 2.67. The van der Waals surface area contributed by atoms with E-state index in [1.165, 1.54) is 0 Å². The first-order chi connectivity index (χ1) is 9.41. The van der Waals surface area contributed by atoms with Crippen LogP contribution in [-0.2, 0) is 9.47 Å². The number of alkyl halides is 2. The van der Waals surface area contributed by atoms with Crippen molar-refractivity contribution in [2.24, 2.45) is 5.92 Å². The molecule has 6 heteroatoms. The summed E-state index contributed by atoms with van der Waals surface area (Å²) in [5.41, 5.74) is 0.905. The zero-order valence-electron chi connectivity index (χ0n) is 11.2. The van der Waals surface area contributed by atoms with E-state index in [0.29, 0.717) is 23.3 Å². The predicted molar refractivity (Wildman–Crippen MR) is 84.2 cm³/mol. The third kappa shape index (κ3) is 3.37. The Labute approximate surface area is 139 Å². The maximum Gasteiger partial charge on any atom is 0.163 e. The lowest BCUT2D eigenvalue weighted by Gasteiger charge is -2.17. The van der Waals surface area contributed by atoms with Crippen LogP contribution in [-0.4, -0.2) is 23.8 Å². The van der Waals surface area contributed by atoms with Crippen LogP contribution >= 0.6 is 46.4 Å². The molecule has 0 spiro atoms. The van der Waals surface area contributed by atoms with Crippen molar-refractivity contribution >= 4 is 46.4 Å². The van der Waals surface area contributed by atoms with Gasteiger partial charge in [0.05, 0.1) is 5.92 Å². The number of ether oxygens (including phenoxy) is 2. The van der Waals surface area contributed by atoms with E-state index >= 15 is 0 Å². The molecular weight excluding hydrogens is 342 g/mol. The average molecular weight is 358 g/mol. The van der Waals surface area contributed by atoms with Crippen molar-refractivity contribution in [1.82, 2.24) is 0 Å². The second kappa shape index (κ2) is 6.60.